The van der Waals surface area contributed by atoms with Gasteiger partial charge in [0.15, 0.2) is 0 Å². The molecule has 0 bridgehead atoms. The molecule has 2 N–H and O–H groups in total. The van der Waals surface area contributed by atoms with Gasteiger partial charge in [-0.15, -0.1) is 0 Å². The Morgan fingerprint density at radius 3 is 2.71 bits per heavy atom. The summed E-state index contributed by atoms with van der Waals surface area (Å²) in [5.74, 6) is 0.610. The number of methoxy groups -OCH3 is 1. The van der Waals surface area contributed by atoms with Gasteiger partial charge in [-0.2, -0.15) is 5.10 Å². The van der Waals surface area contributed by atoms with Crippen LogP contribution in [0.15, 0.2) is 59.2 Å². The molecule has 0 aliphatic carbocycles. The summed E-state index contributed by atoms with van der Waals surface area (Å²) in [4.78, 5) is 25.1. The van der Waals surface area contributed by atoms with Gasteiger partial charge in [-0.3, -0.25) is 9.59 Å². The minimum Gasteiger partial charge on any atom is -0.496 e. The number of hydrogen-bond acceptors (Lipinski definition) is 4. The molecule has 2 amide bonds. The highest BCUT2D eigenvalue weighted by atomic mass is 79.9. The van der Waals surface area contributed by atoms with Crippen LogP contribution in [0, 0.1) is 0 Å². The number of hydrogen-bond donors (Lipinski definition) is 2. The number of rotatable bonds is 4. The number of aromatic nitrogens is 2. The van der Waals surface area contributed by atoms with Crippen LogP contribution >= 0.6 is 15.9 Å². The second-order valence-corrected chi connectivity index (χ2v) is 7.23. The van der Waals surface area contributed by atoms with E-state index in [1.165, 1.54) is 0 Å². The third-order valence-corrected chi connectivity index (χ3v) is 5.07. The van der Waals surface area contributed by atoms with E-state index in [9.17, 15) is 9.59 Å². The molecule has 1 aliphatic rings. The molecule has 1 aromatic heterocycles. The molecule has 0 saturated heterocycles. The van der Waals surface area contributed by atoms with Crippen molar-refractivity contribution in [3.63, 3.8) is 0 Å². The van der Waals surface area contributed by atoms with Crippen LogP contribution < -0.4 is 15.4 Å². The molecule has 2 heterocycles. The topological polar surface area (TPSA) is 85.2 Å². The van der Waals surface area contributed by atoms with Crippen LogP contribution in [0.25, 0.3) is 11.1 Å². The number of fused-ring (bicyclic) bond motifs is 1. The lowest BCUT2D eigenvalue weighted by Crippen LogP contribution is -2.35. The first-order valence-corrected chi connectivity index (χ1v) is 9.43. The van der Waals surface area contributed by atoms with Gasteiger partial charge in [0.05, 0.1) is 19.7 Å². The van der Waals surface area contributed by atoms with E-state index in [1.807, 2.05) is 36.4 Å². The van der Waals surface area contributed by atoms with Gasteiger partial charge in [0.25, 0.3) is 0 Å². The minimum absolute atomic E-state index is 0.0163. The van der Waals surface area contributed by atoms with Crippen molar-refractivity contribution in [3.8, 4) is 16.9 Å². The molecule has 8 heteroatoms. The second kappa shape index (κ2) is 7.47. The number of carbonyl (C=O) groups is 2. The molecule has 1 atom stereocenters. The number of para-hydroxylation sites is 1. The van der Waals surface area contributed by atoms with Gasteiger partial charge in [-0.1, -0.05) is 34.1 Å². The second-order valence-electron chi connectivity index (χ2n) is 6.32. The van der Waals surface area contributed by atoms with E-state index in [0.29, 0.717) is 22.8 Å². The summed E-state index contributed by atoms with van der Waals surface area (Å²) < 4.78 is 7.89. The highest BCUT2D eigenvalue weighted by molar-refractivity contribution is 9.10. The standard InChI is InChI=1S/C20H17BrN4O3/c1-28-17-5-3-2-4-14(17)15-11-22-25-16(10-18(26)24-19(15)25)20(27)23-13-8-6-12(21)7-9-13/h2-9,11,16H,10H2,1H3,(H,23,27)(H,24,26)/t16-/m1/s1. The highest BCUT2D eigenvalue weighted by Gasteiger charge is 2.33. The maximum absolute atomic E-state index is 12.8. The molecule has 28 heavy (non-hydrogen) atoms. The molecule has 0 fully saturated rings. The molecular weight excluding hydrogens is 424 g/mol. The van der Waals surface area contributed by atoms with E-state index in [0.717, 1.165) is 10.0 Å². The van der Waals surface area contributed by atoms with Crippen LogP contribution in [0.3, 0.4) is 0 Å². The van der Waals surface area contributed by atoms with Gasteiger partial charge in [-0.05, 0) is 30.3 Å². The zero-order valence-electron chi connectivity index (χ0n) is 15.0. The Bertz CT molecular complexity index is 1050. The maximum atomic E-state index is 12.8. The van der Waals surface area contributed by atoms with Crippen molar-refractivity contribution in [3.05, 3.63) is 59.2 Å². The molecule has 7 nitrogen and oxygen atoms in total. The highest BCUT2D eigenvalue weighted by Crippen LogP contribution is 2.38. The fourth-order valence-electron chi connectivity index (χ4n) is 3.20. The van der Waals surface area contributed by atoms with E-state index in [2.05, 4.69) is 31.7 Å². The fraction of sp³-hybridized carbons (Fsp3) is 0.150. The van der Waals surface area contributed by atoms with Crippen LogP contribution in [0.5, 0.6) is 5.75 Å². The monoisotopic (exact) mass is 440 g/mol. The number of ether oxygens (including phenoxy) is 1. The lowest BCUT2D eigenvalue weighted by molar-refractivity contribution is -0.125. The summed E-state index contributed by atoms with van der Waals surface area (Å²) in [6, 6.07) is 14.0. The van der Waals surface area contributed by atoms with Gasteiger partial charge >= 0.3 is 0 Å². The van der Waals surface area contributed by atoms with E-state index in [-0.39, 0.29) is 18.2 Å². The molecule has 4 rings (SSSR count). The van der Waals surface area contributed by atoms with Crippen molar-refractivity contribution in [2.75, 3.05) is 17.7 Å². The molecule has 0 spiro atoms. The van der Waals surface area contributed by atoms with Crippen LogP contribution in [0.2, 0.25) is 0 Å². The Labute approximate surface area is 169 Å². The Kier molecular flexibility index (Phi) is 4.87. The van der Waals surface area contributed by atoms with Crippen molar-refractivity contribution in [1.29, 1.82) is 0 Å². The van der Waals surface area contributed by atoms with Gasteiger partial charge in [0.1, 0.15) is 17.6 Å². The number of halogens is 1. The first-order valence-electron chi connectivity index (χ1n) is 8.64. The summed E-state index contributed by atoms with van der Waals surface area (Å²) in [7, 11) is 1.59. The Morgan fingerprint density at radius 1 is 1.21 bits per heavy atom. The van der Waals surface area contributed by atoms with Crippen molar-refractivity contribution in [2.24, 2.45) is 0 Å². The zero-order chi connectivity index (χ0) is 19.7. The molecule has 0 unspecified atom stereocenters. The Balaban J connectivity index is 1.68. The molecule has 142 valence electrons. The first kappa shape index (κ1) is 18.2. The number of benzene rings is 2. The van der Waals surface area contributed by atoms with Crippen LogP contribution in [0.4, 0.5) is 11.5 Å². The number of anilines is 2. The van der Waals surface area contributed by atoms with Gasteiger partial charge in [0.2, 0.25) is 11.8 Å². The van der Waals surface area contributed by atoms with Crippen molar-refractivity contribution in [1.82, 2.24) is 9.78 Å². The lowest BCUT2D eigenvalue weighted by atomic mass is 10.1. The van der Waals surface area contributed by atoms with Crippen molar-refractivity contribution < 1.29 is 14.3 Å². The van der Waals surface area contributed by atoms with E-state index in [1.54, 1.807) is 30.1 Å². The van der Waals surface area contributed by atoms with Crippen LogP contribution in [0.1, 0.15) is 12.5 Å². The molecule has 0 saturated carbocycles. The smallest absolute Gasteiger partial charge is 0.249 e. The van der Waals surface area contributed by atoms with Crippen molar-refractivity contribution >= 4 is 39.2 Å². The van der Waals surface area contributed by atoms with E-state index in [4.69, 9.17) is 4.74 Å². The van der Waals surface area contributed by atoms with Gasteiger partial charge in [-0.25, -0.2) is 4.68 Å². The lowest BCUT2D eigenvalue weighted by Gasteiger charge is -2.24. The first-order chi connectivity index (χ1) is 13.6. The normalized spacial score (nSPS) is 15.5. The fourth-order valence-corrected chi connectivity index (χ4v) is 3.46. The summed E-state index contributed by atoms with van der Waals surface area (Å²) in [5, 5.41) is 10.1. The summed E-state index contributed by atoms with van der Waals surface area (Å²) >= 11 is 3.36. The van der Waals surface area contributed by atoms with Gasteiger partial charge in [0, 0.05) is 21.3 Å². The third kappa shape index (κ3) is 3.38. The largest absolute Gasteiger partial charge is 0.496 e. The number of nitrogens with one attached hydrogen (secondary N) is 2. The Hall–Kier alpha value is -3.13. The SMILES string of the molecule is COc1ccccc1-c1cnn2c1NC(=O)C[C@@H]2C(=O)Nc1ccc(Br)cc1. The average Bonchev–Trinajstić information content (AvgIpc) is 3.12. The molecule has 1 aliphatic heterocycles. The average molecular weight is 441 g/mol. The zero-order valence-corrected chi connectivity index (χ0v) is 16.6. The molecule has 0 radical (unpaired) electrons. The quantitative estimate of drug-likeness (QED) is 0.645. The minimum atomic E-state index is -0.740. The van der Waals surface area contributed by atoms with Crippen molar-refractivity contribution in [2.45, 2.75) is 12.5 Å². The molecule has 3 aromatic rings. The predicted octanol–water partition coefficient (Wildman–Crippen LogP) is 3.84. The van der Waals surface area contributed by atoms with Gasteiger partial charge < -0.3 is 15.4 Å². The molecule has 2 aromatic carbocycles. The van der Waals surface area contributed by atoms with Crippen LogP contribution in [-0.4, -0.2) is 28.7 Å². The number of nitrogens with zero attached hydrogens (tertiary/aromatic N) is 2. The summed E-state index contributed by atoms with van der Waals surface area (Å²) in [6.07, 6.45) is 1.65. The number of amides is 2. The molecular formula is C20H17BrN4O3. The van der Waals surface area contributed by atoms with E-state index >= 15 is 0 Å². The third-order valence-electron chi connectivity index (χ3n) is 4.54. The maximum Gasteiger partial charge on any atom is 0.249 e. The Morgan fingerprint density at radius 2 is 1.96 bits per heavy atom. The summed E-state index contributed by atoms with van der Waals surface area (Å²) in [5.41, 5.74) is 2.14. The van der Waals surface area contributed by atoms with E-state index < -0.39 is 6.04 Å². The van der Waals surface area contributed by atoms with Crippen LogP contribution in [-0.2, 0) is 9.59 Å². The summed E-state index contributed by atoms with van der Waals surface area (Å²) in [6.45, 7) is 0. The number of carbonyl (C=O) groups excluding carboxylic acids is 2. The predicted molar refractivity (Wildman–Crippen MR) is 109 cm³/mol.